The van der Waals surface area contributed by atoms with Crippen LogP contribution in [-0.4, -0.2) is 50.5 Å². The highest BCUT2D eigenvalue weighted by Gasteiger charge is 2.31. The molecule has 1 N–H and O–H groups in total. The van der Waals surface area contributed by atoms with Crippen LogP contribution in [0.3, 0.4) is 0 Å². The van der Waals surface area contributed by atoms with E-state index in [2.05, 4.69) is 5.32 Å². The van der Waals surface area contributed by atoms with Crippen molar-refractivity contribution < 1.29 is 18.0 Å². The number of benzene rings is 2. The molecule has 0 aliphatic carbocycles. The van der Waals surface area contributed by atoms with Crippen molar-refractivity contribution in [2.45, 2.75) is 53.1 Å². The largest absolute Gasteiger partial charge is 0.354 e. The van der Waals surface area contributed by atoms with Gasteiger partial charge >= 0.3 is 0 Å². The first-order valence-corrected chi connectivity index (χ1v) is 13.1. The summed E-state index contributed by atoms with van der Waals surface area (Å²) in [5, 5.41) is 2.87. The van der Waals surface area contributed by atoms with Gasteiger partial charge in [-0.05, 0) is 55.5 Å². The van der Waals surface area contributed by atoms with Crippen LogP contribution in [0.1, 0.15) is 43.4 Å². The van der Waals surface area contributed by atoms with E-state index >= 15 is 0 Å². The van der Waals surface area contributed by atoms with E-state index in [4.69, 9.17) is 0 Å². The molecule has 2 aromatic carbocycles. The maximum Gasteiger partial charge on any atom is 0.244 e. The summed E-state index contributed by atoms with van der Waals surface area (Å²) < 4.78 is 26.4. The zero-order valence-corrected chi connectivity index (χ0v) is 21.0. The smallest absolute Gasteiger partial charge is 0.244 e. The number of amides is 2. The van der Waals surface area contributed by atoms with Crippen molar-refractivity contribution in [2.24, 2.45) is 0 Å². The Hall–Kier alpha value is -2.87. The molecule has 0 bridgehead atoms. The van der Waals surface area contributed by atoms with E-state index in [1.807, 2.05) is 64.1 Å². The van der Waals surface area contributed by atoms with Gasteiger partial charge < -0.3 is 10.2 Å². The van der Waals surface area contributed by atoms with Crippen molar-refractivity contribution in [3.05, 3.63) is 65.2 Å². The molecular formula is C25H35N3O4S. The first-order chi connectivity index (χ1) is 15.6. The molecule has 0 aromatic heterocycles. The number of carbonyl (C=O) groups is 2. The van der Waals surface area contributed by atoms with Crippen LogP contribution in [0.2, 0.25) is 0 Å². The first kappa shape index (κ1) is 26.4. The van der Waals surface area contributed by atoms with E-state index in [0.717, 1.165) is 33.7 Å². The first-order valence-electron chi connectivity index (χ1n) is 11.2. The summed E-state index contributed by atoms with van der Waals surface area (Å²) in [5.74, 6) is -0.665. The van der Waals surface area contributed by atoms with Crippen molar-refractivity contribution >= 4 is 27.5 Å². The maximum absolute atomic E-state index is 13.5. The summed E-state index contributed by atoms with van der Waals surface area (Å²) >= 11 is 0. The highest BCUT2D eigenvalue weighted by Crippen LogP contribution is 2.22. The molecule has 2 rings (SSSR count). The van der Waals surface area contributed by atoms with E-state index < -0.39 is 22.0 Å². The average molecular weight is 474 g/mol. The third-order valence-corrected chi connectivity index (χ3v) is 6.73. The second kappa shape index (κ2) is 11.8. The average Bonchev–Trinajstić information content (AvgIpc) is 2.77. The molecule has 0 fully saturated rings. The van der Waals surface area contributed by atoms with E-state index in [1.165, 1.54) is 4.90 Å². The zero-order valence-electron chi connectivity index (χ0n) is 20.2. The minimum absolute atomic E-state index is 0.211. The Morgan fingerprint density at radius 1 is 1.00 bits per heavy atom. The monoisotopic (exact) mass is 473 g/mol. The molecule has 0 spiro atoms. The lowest BCUT2D eigenvalue weighted by molar-refractivity contribution is -0.140. The van der Waals surface area contributed by atoms with Crippen LogP contribution in [0.15, 0.2) is 48.5 Å². The number of sulfonamides is 1. The Labute approximate surface area is 197 Å². The Kier molecular flexibility index (Phi) is 9.46. The normalized spacial score (nSPS) is 12.2. The molecule has 7 nitrogen and oxygen atoms in total. The summed E-state index contributed by atoms with van der Waals surface area (Å²) in [7, 11) is -3.73. The molecule has 0 aliphatic heterocycles. The molecule has 1 atom stereocenters. The van der Waals surface area contributed by atoms with Crippen LogP contribution in [0.4, 0.5) is 5.69 Å². The van der Waals surface area contributed by atoms with Gasteiger partial charge in [0.15, 0.2) is 0 Å². The van der Waals surface area contributed by atoms with Gasteiger partial charge in [-0.1, -0.05) is 50.2 Å². The number of hydrogen-bond acceptors (Lipinski definition) is 4. The number of hydrogen-bond donors (Lipinski definition) is 1. The van der Waals surface area contributed by atoms with Gasteiger partial charge in [-0.25, -0.2) is 8.42 Å². The molecule has 33 heavy (non-hydrogen) atoms. The van der Waals surface area contributed by atoms with Crippen LogP contribution in [0.5, 0.6) is 0 Å². The fraction of sp³-hybridized carbons (Fsp3) is 0.440. The third kappa shape index (κ3) is 7.32. The van der Waals surface area contributed by atoms with Gasteiger partial charge in [0.25, 0.3) is 0 Å². The fourth-order valence-corrected chi connectivity index (χ4v) is 4.40. The number of nitrogens with one attached hydrogen (secondary N) is 1. The standard InChI is InChI=1S/C25H35N3O4S/c1-6-15-26-25(30)23(7-2)27(17-21-11-9-8-10-12-21)24(29)18-28(33(5,31)32)22-14-13-19(3)20(4)16-22/h8-14,16,23H,6-7,15,17-18H2,1-5H3,(H,26,30)/t23-/m0/s1. The Morgan fingerprint density at radius 3 is 2.21 bits per heavy atom. The lowest BCUT2D eigenvalue weighted by Crippen LogP contribution is -2.52. The number of nitrogens with zero attached hydrogens (tertiary/aromatic N) is 2. The van der Waals surface area contributed by atoms with E-state index in [1.54, 1.807) is 12.1 Å². The van der Waals surface area contributed by atoms with Crippen molar-refractivity contribution in [3.8, 4) is 0 Å². The van der Waals surface area contributed by atoms with Gasteiger partial charge in [-0.15, -0.1) is 0 Å². The topological polar surface area (TPSA) is 86.8 Å². The second-order valence-electron chi connectivity index (χ2n) is 8.26. The summed E-state index contributed by atoms with van der Waals surface area (Å²) in [6.07, 6.45) is 2.28. The minimum atomic E-state index is -3.73. The molecule has 2 amide bonds. The number of aryl methyl sites for hydroxylation is 2. The highest BCUT2D eigenvalue weighted by atomic mass is 32.2. The van der Waals surface area contributed by atoms with Crippen LogP contribution in [0, 0.1) is 13.8 Å². The van der Waals surface area contributed by atoms with Gasteiger partial charge in [0.05, 0.1) is 11.9 Å². The van der Waals surface area contributed by atoms with Crippen LogP contribution < -0.4 is 9.62 Å². The lowest BCUT2D eigenvalue weighted by atomic mass is 10.1. The van der Waals surface area contributed by atoms with Gasteiger partial charge in [-0.2, -0.15) is 0 Å². The van der Waals surface area contributed by atoms with Crippen molar-refractivity contribution in [1.29, 1.82) is 0 Å². The molecule has 0 heterocycles. The molecule has 2 aromatic rings. The third-order valence-electron chi connectivity index (χ3n) is 5.59. The summed E-state index contributed by atoms with van der Waals surface area (Å²) in [5.41, 5.74) is 3.25. The molecule has 0 radical (unpaired) electrons. The minimum Gasteiger partial charge on any atom is -0.354 e. The van der Waals surface area contributed by atoms with Crippen LogP contribution in [-0.2, 0) is 26.2 Å². The van der Waals surface area contributed by atoms with Gasteiger partial charge in [0.1, 0.15) is 12.6 Å². The molecule has 0 saturated carbocycles. The predicted molar refractivity (Wildman–Crippen MR) is 132 cm³/mol. The Morgan fingerprint density at radius 2 is 1.67 bits per heavy atom. The quantitative estimate of drug-likeness (QED) is 0.542. The van der Waals surface area contributed by atoms with Crippen LogP contribution in [0.25, 0.3) is 0 Å². The van der Waals surface area contributed by atoms with Gasteiger partial charge in [-0.3, -0.25) is 13.9 Å². The Balaban J connectivity index is 2.41. The number of rotatable bonds is 11. The molecule has 8 heteroatoms. The fourth-order valence-electron chi connectivity index (χ4n) is 3.56. The summed E-state index contributed by atoms with van der Waals surface area (Å²) in [6.45, 7) is 7.99. The van der Waals surface area contributed by atoms with Crippen molar-refractivity contribution in [2.75, 3.05) is 23.7 Å². The second-order valence-corrected chi connectivity index (χ2v) is 10.2. The lowest BCUT2D eigenvalue weighted by Gasteiger charge is -2.33. The molecule has 0 aliphatic rings. The summed E-state index contributed by atoms with van der Waals surface area (Å²) in [4.78, 5) is 27.9. The number of carbonyl (C=O) groups excluding carboxylic acids is 2. The van der Waals surface area contributed by atoms with Crippen molar-refractivity contribution in [1.82, 2.24) is 10.2 Å². The predicted octanol–water partition coefficient (Wildman–Crippen LogP) is 3.40. The van der Waals surface area contributed by atoms with Crippen LogP contribution >= 0.6 is 0 Å². The Bertz CT molecular complexity index is 1050. The molecular weight excluding hydrogens is 438 g/mol. The number of anilines is 1. The van der Waals surface area contributed by atoms with Gasteiger partial charge in [0, 0.05) is 13.1 Å². The van der Waals surface area contributed by atoms with E-state index in [0.29, 0.717) is 18.7 Å². The molecule has 0 unspecified atom stereocenters. The highest BCUT2D eigenvalue weighted by molar-refractivity contribution is 7.92. The molecule has 180 valence electrons. The van der Waals surface area contributed by atoms with E-state index in [-0.39, 0.29) is 19.0 Å². The van der Waals surface area contributed by atoms with E-state index in [9.17, 15) is 18.0 Å². The van der Waals surface area contributed by atoms with Gasteiger partial charge in [0.2, 0.25) is 21.8 Å². The SMILES string of the molecule is CCCNC(=O)[C@H](CC)N(Cc1ccccc1)C(=O)CN(c1ccc(C)c(C)c1)S(C)(=O)=O. The maximum atomic E-state index is 13.5. The zero-order chi connectivity index (χ0) is 24.6. The molecule has 0 saturated heterocycles. The summed E-state index contributed by atoms with van der Waals surface area (Å²) in [6, 6.07) is 14.0. The van der Waals surface area contributed by atoms with Crippen molar-refractivity contribution in [3.63, 3.8) is 0 Å².